The summed E-state index contributed by atoms with van der Waals surface area (Å²) in [5.74, 6) is 1.03. The van der Waals surface area contributed by atoms with Crippen LogP contribution in [0, 0.1) is 0 Å². The molecule has 0 atom stereocenters. The monoisotopic (exact) mass is 310 g/mol. The van der Waals surface area contributed by atoms with Crippen molar-refractivity contribution in [2.45, 2.75) is 0 Å². The molecule has 2 N–H and O–H groups in total. The van der Waals surface area contributed by atoms with E-state index >= 15 is 0 Å². The Morgan fingerprint density at radius 2 is 1.77 bits per heavy atom. The summed E-state index contributed by atoms with van der Waals surface area (Å²) in [6.45, 7) is 1.83. The van der Waals surface area contributed by atoms with E-state index in [0.29, 0.717) is 5.11 Å². The van der Waals surface area contributed by atoms with Crippen LogP contribution in [-0.2, 0) is 0 Å². The lowest BCUT2D eigenvalue weighted by Gasteiger charge is -2.15. The van der Waals surface area contributed by atoms with Gasteiger partial charge in [0.15, 0.2) is 5.11 Å². The molecule has 0 radical (unpaired) electrons. The number of thiocarbonyl (C=S) groups is 1. The minimum absolute atomic E-state index is 0.574. The summed E-state index contributed by atoms with van der Waals surface area (Å²) in [5, 5.41) is 6.96. The Hall–Kier alpha value is -2.40. The van der Waals surface area contributed by atoms with E-state index in [9.17, 15) is 0 Å². The number of para-hydroxylation sites is 1. The van der Waals surface area contributed by atoms with Gasteiger partial charge in [-0.1, -0.05) is 30.3 Å². The van der Waals surface area contributed by atoms with Gasteiger partial charge in [-0.25, -0.2) is 0 Å². The summed E-state index contributed by atoms with van der Waals surface area (Å²) in [6.07, 6.45) is 0. The lowest BCUT2D eigenvalue weighted by molar-refractivity contribution is 0.557. The molecule has 0 saturated heterocycles. The summed E-state index contributed by atoms with van der Waals surface area (Å²) >= 11 is 5.36. The highest BCUT2D eigenvalue weighted by Gasteiger charge is 2.14. The van der Waals surface area contributed by atoms with Crippen LogP contribution in [0.15, 0.2) is 59.6 Å². The second-order valence-electron chi connectivity index (χ2n) is 5.15. The molecule has 0 spiro atoms. The van der Waals surface area contributed by atoms with E-state index in [1.165, 1.54) is 0 Å². The number of benzene rings is 2. The van der Waals surface area contributed by atoms with Crippen molar-refractivity contribution in [1.82, 2.24) is 4.90 Å². The largest absolute Gasteiger partial charge is 0.358 e. The van der Waals surface area contributed by atoms with Crippen molar-refractivity contribution < 1.29 is 0 Å². The normalized spacial score (nSPS) is 13.7. The SMILES string of the molecule is CN1CCN=C1c1cccc(NC(=S)Nc2ccccc2)c1. The van der Waals surface area contributed by atoms with Crippen LogP contribution < -0.4 is 10.6 Å². The maximum atomic E-state index is 5.36. The first-order chi connectivity index (χ1) is 10.7. The average molecular weight is 310 g/mol. The van der Waals surface area contributed by atoms with E-state index in [0.717, 1.165) is 35.9 Å². The molecular weight excluding hydrogens is 292 g/mol. The summed E-state index contributed by atoms with van der Waals surface area (Å²) in [5.41, 5.74) is 3.03. The van der Waals surface area contributed by atoms with Crippen molar-refractivity contribution >= 4 is 34.5 Å². The van der Waals surface area contributed by atoms with Gasteiger partial charge in [0, 0.05) is 30.5 Å². The van der Waals surface area contributed by atoms with Crippen LogP contribution >= 0.6 is 12.2 Å². The van der Waals surface area contributed by atoms with Crippen molar-refractivity contribution in [2.75, 3.05) is 30.8 Å². The molecule has 1 heterocycles. The number of anilines is 2. The third-order valence-electron chi connectivity index (χ3n) is 3.47. The highest BCUT2D eigenvalue weighted by Crippen LogP contribution is 2.16. The van der Waals surface area contributed by atoms with Gasteiger partial charge in [-0.05, 0) is 36.5 Å². The maximum absolute atomic E-state index is 5.36. The van der Waals surface area contributed by atoms with Crippen LogP contribution in [0.3, 0.4) is 0 Å². The molecule has 0 saturated carbocycles. The van der Waals surface area contributed by atoms with Gasteiger partial charge < -0.3 is 15.5 Å². The lowest BCUT2D eigenvalue weighted by atomic mass is 10.1. The summed E-state index contributed by atoms with van der Waals surface area (Å²) in [4.78, 5) is 6.71. The summed E-state index contributed by atoms with van der Waals surface area (Å²) in [6, 6.07) is 18.0. The molecule has 1 aliphatic rings. The Kier molecular flexibility index (Phi) is 4.34. The number of likely N-dealkylation sites (N-methyl/N-ethyl adjacent to an activating group) is 1. The number of nitrogens with one attached hydrogen (secondary N) is 2. The van der Waals surface area contributed by atoms with Crippen molar-refractivity contribution in [2.24, 2.45) is 4.99 Å². The second-order valence-corrected chi connectivity index (χ2v) is 5.56. The number of hydrogen-bond donors (Lipinski definition) is 2. The smallest absolute Gasteiger partial charge is 0.175 e. The predicted octanol–water partition coefficient (Wildman–Crippen LogP) is 3.19. The molecule has 112 valence electrons. The maximum Gasteiger partial charge on any atom is 0.175 e. The van der Waals surface area contributed by atoms with E-state index in [4.69, 9.17) is 12.2 Å². The van der Waals surface area contributed by atoms with Crippen LogP contribution in [0.5, 0.6) is 0 Å². The van der Waals surface area contributed by atoms with Crippen LogP contribution in [0.4, 0.5) is 11.4 Å². The average Bonchev–Trinajstić information content (AvgIpc) is 2.94. The van der Waals surface area contributed by atoms with Gasteiger partial charge in [0.2, 0.25) is 0 Å². The zero-order valence-corrected chi connectivity index (χ0v) is 13.2. The van der Waals surface area contributed by atoms with Crippen LogP contribution in [-0.4, -0.2) is 36.0 Å². The van der Waals surface area contributed by atoms with Gasteiger partial charge >= 0.3 is 0 Å². The topological polar surface area (TPSA) is 39.7 Å². The fourth-order valence-electron chi connectivity index (χ4n) is 2.40. The minimum Gasteiger partial charge on any atom is -0.358 e. The number of amidine groups is 1. The zero-order chi connectivity index (χ0) is 15.4. The van der Waals surface area contributed by atoms with Gasteiger partial charge in [-0.2, -0.15) is 0 Å². The third kappa shape index (κ3) is 3.43. The number of aliphatic imine (C=N–C) groups is 1. The fourth-order valence-corrected chi connectivity index (χ4v) is 2.63. The zero-order valence-electron chi connectivity index (χ0n) is 12.4. The highest BCUT2D eigenvalue weighted by molar-refractivity contribution is 7.80. The molecule has 2 aromatic carbocycles. The molecule has 4 nitrogen and oxygen atoms in total. The van der Waals surface area contributed by atoms with E-state index in [1.54, 1.807) is 0 Å². The molecule has 1 aliphatic heterocycles. The number of hydrogen-bond acceptors (Lipinski definition) is 3. The van der Waals surface area contributed by atoms with Gasteiger partial charge in [0.25, 0.3) is 0 Å². The van der Waals surface area contributed by atoms with E-state index in [1.807, 2.05) is 42.5 Å². The highest BCUT2D eigenvalue weighted by atomic mass is 32.1. The van der Waals surface area contributed by atoms with Gasteiger partial charge in [-0.3, -0.25) is 4.99 Å². The molecule has 5 heteroatoms. The first-order valence-corrected chi connectivity index (χ1v) is 7.62. The van der Waals surface area contributed by atoms with Crippen molar-refractivity contribution in [3.63, 3.8) is 0 Å². The molecule has 0 amide bonds. The lowest BCUT2D eigenvalue weighted by Crippen LogP contribution is -2.24. The van der Waals surface area contributed by atoms with Gasteiger partial charge in [0.05, 0.1) is 6.54 Å². The van der Waals surface area contributed by atoms with E-state index < -0.39 is 0 Å². The minimum atomic E-state index is 0.574. The first kappa shape index (κ1) is 14.5. The Morgan fingerprint density at radius 1 is 1.05 bits per heavy atom. The summed E-state index contributed by atoms with van der Waals surface area (Å²) in [7, 11) is 2.06. The molecule has 0 aliphatic carbocycles. The summed E-state index contributed by atoms with van der Waals surface area (Å²) < 4.78 is 0. The van der Waals surface area contributed by atoms with Crippen molar-refractivity contribution in [3.05, 3.63) is 60.2 Å². The van der Waals surface area contributed by atoms with Gasteiger partial charge in [-0.15, -0.1) is 0 Å². The van der Waals surface area contributed by atoms with Crippen LogP contribution in [0.1, 0.15) is 5.56 Å². The predicted molar refractivity (Wildman–Crippen MR) is 96.8 cm³/mol. The van der Waals surface area contributed by atoms with Crippen molar-refractivity contribution in [1.29, 1.82) is 0 Å². The Bertz CT molecular complexity index is 697. The van der Waals surface area contributed by atoms with Crippen LogP contribution in [0.25, 0.3) is 0 Å². The second kappa shape index (κ2) is 6.58. The molecule has 0 unspecified atom stereocenters. The Labute approximate surface area is 135 Å². The van der Waals surface area contributed by atoms with E-state index in [2.05, 4.69) is 39.7 Å². The molecule has 2 aromatic rings. The first-order valence-electron chi connectivity index (χ1n) is 7.21. The molecule has 0 bridgehead atoms. The molecule has 0 fully saturated rings. The van der Waals surface area contributed by atoms with Crippen molar-refractivity contribution in [3.8, 4) is 0 Å². The standard InChI is InChI=1S/C17H18N4S/c1-21-11-10-18-16(21)13-6-5-9-15(12-13)20-17(22)19-14-7-3-2-4-8-14/h2-9,12H,10-11H2,1H3,(H2,19,20,22). The van der Waals surface area contributed by atoms with E-state index in [-0.39, 0.29) is 0 Å². The Morgan fingerprint density at radius 3 is 2.50 bits per heavy atom. The Balaban J connectivity index is 1.69. The fraction of sp³-hybridized carbons (Fsp3) is 0.176. The quantitative estimate of drug-likeness (QED) is 0.854. The van der Waals surface area contributed by atoms with Crippen LogP contribution in [0.2, 0.25) is 0 Å². The molecular formula is C17H18N4S. The number of rotatable bonds is 3. The molecule has 3 rings (SSSR count). The molecule has 0 aromatic heterocycles. The third-order valence-corrected chi connectivity index (χ3v) is 3.67. The molecule has 22 heavy (non-hydrogen) atoms. The van der Waals surface area contributed by atoms with Gasteiger partial charge in [0.1, 0.15) is 5.84 Å². The number of nitrogens with zero attached hydrogens (tertiary/aromatic N) is 2.